The molecule has 17 nitrogen and oxygen atoms in total. The fraction of sp³-hybridized carbons (Fsp3) is 0.231. The molecule has 0 aliphatic rings. The summed E-state index contributed by atoms with van der Waals surface area (Å²) < 4.78 is 65.9. The second kappa shape index (κ2) is 27.4. The minimum Gasteiger partial charge on any atom is -0.870 e. The summed E-state index contributed by atoms with van der Waals surface area (Å²) in [5.74, 6) is 1.73. The van der Waals surface area contributed by atoms with Crippen LogP contribution in [0.1, 0.15) is 26.7 Å². The average molecular weight is 1080 g/mol. The number of aliphatic carboxylic acids is 2. The first-order valence-electron chi connectivity index (χ1n) is 21.8. The number of benzene rings is 6. The Morgan fingerprint density at radius 1 is 0.541 bits per heavy atom. The van der Waals surface area contributed by atoms with Crippen molar-refractivity contribution in [3.8, 4) is 24.7 Å². The third kappa shape index (κ3) is 14.6. The Bertz CT molecular complexity index is 3280. The van der Waals surface area contributed by atoms with Crippen molar-refractivity contribution in [3.63, 3.8) is 0 Å². The van der Waals surface area contributed by atoms with Crippen LogP contribution in [0.5, 0.6) is 0 Å². The van der Waals surface area contributed by atoms with Gasteiger partial charge in [0.1, 0.15) is 13.1 Å². The quantitative estimate of drug-likeness (QED) is 0.0571. The first-order valence-corrected chi connectivity index (χ1v) is 25.4. The average Bonchev–Trinajstić information content (AvgIpc) is 3.35. The van der Waals surface area contributed by atoms with Gasteiger partial charge in [-0.2, -0.15) is 0 Å². The number of carbonyl (C=O) groups is 4. The number of esters is 2. The number of hydrogen-bond acceptors (Lipinski definition) is 13. The third-order valence-electron chi connectivity index (χ3n) is 11.2. The zero-order valence-electron chi connectivity index (χ0n) is 40.9. The minimum absolute atomic E-state index is 0. The van der Waals surface area contributed by atoms with E-state index in [4.69, 9.17) is 45.5 Å². The molecule has 0 bridgehead atoms. The van der Waals surface area contributed by atoms with Gasteiger partial charge < -0.3 is 35.0 Å². The van der Waals surface area contributed by atoms with Crippen LogP contribution in [0.25, 0.3) is 21.5 Å². The molecule has 6 rings (SSSR count). The number of ether oxygens (including phenoxy) is 2. The molecule has 0 saturated carbocycles. The van der Waals surface area contributed by atoms with Crippen molar-refractivity contribution in [2.75, 3.05) is 58.8 Å². The molecule has 6 aromatic carbocycles. The van der Waals surface area contributed by atoms with Gasteiger partial charge in [-0.25, -0.2) is 16.8 Å². The van der Waals surface area contributed by atoms with Gasteiger partial charge in [0.15, 0.2) is 0 Å². The van der Waals surface area contributed by atoms with E-state index in [2.05, 4.69) is 11.8 Å². The number of halogens is 2. The van der Waals surface area contributed by atoms with E-state index >= 15 is 0 Å². The number of rotatable bonds is 20. The maximum atomic E-state index is 13.7. The molecule has 384 valence electrons. The zero-order valence-corrected chi connectivity index (χ0v) is 44.0. The Morgan fingerprint density at radius 3 is 1.22 bits per heavy atom. The molecule has 0 aromatic heterocycles. The number of anilines is 4. The summed E-state index contributed by atoms with van der Waals surface area (Å²) in [6.45, 7) is 2.56. The molecule has 3 N–H and O–H groups in total. The van der Waals surface area contributed by atoms with E-state index in [0.29, 0.717) is 43.0 Å². The number of sulfonamides is 2. The van der Waals surface area contributed by atoms with Gasteiger partial charge in [0.05, 0.1) is 61.3 Å². The van der Waals surface area contributed by atoms with Crippen LogP contribution in [-0.2, 0) is 48.7 Å². The van der Waals surface area contributed by atoms with E-state index in [1.165, 1.54) is 68.8 Å². The number of methoxy groups -OCH3 is 2. The van der Waals surface area contributed by atoms with Crippen LogP contribution in [0.2, 0.25) is 10.0 Å². The van der Waals surface area contributed by atoms with Crippen LogP contribution in [0, 0.1) is 24.7 Å². The van der Waals surface area contributed by atoms with Gasteiger partial charge in [-0.3, -0.25) is 27.8 Å². The molecule has 22 heteroatoms. The molecule has 74 heavy (non-hydrogen) atoms. The summed E-state index contributed by atoms with van der Waals surface area (Å²) in [7, 11) is -5.93. The van der Waals surface area contributed by atoms with Crippen molar-refractivity contribution in [2.45, 2.75) is 48.6 Å². The normalized spacial score (nSPS) is 11.6. The van der Waals surface area contributed by atoms with Crippen molar-refractivity contribution in [1.82, 2.24) is 0 Å². The van der Waals surface area contributed by atoms with Crippen LogP contribution < -0.4 is 37.3 Å². The molecule has 0 amide bonds. The van der Waals surface area contributed by atoms with E-state index in [0.717, 1.165) is 8.61 Å². The zero-order chi connectivity index (χ0) is 52.9. The van der Waals surface area contributed by atoms with Crippen molar-refractivity contribution in [1.29, 1.82) is 0 Å². The fourth-order valence-corrected chi connectivity index (χ4v) is 10.9. The van der Waals surface area contributed by atoms with E-state index in [1.54, 1.807) is 66.4 Å². The van der Waals surface area contributed by atoms with Crippen molar-refractivity contribution >= 4 is 111 Å². The Labute approximate surface area is 452 Å². The first-order chi connectivity index (χ1) is 34.2. The van der Waals surface area contributed by atoms with Gasteiger partial charge in [-0.15, -0.1) is 12.8 Å². The first kappa shape index (κ1) is 61.4. The van der Waals surface area contributed by atoms with E-state index < -0.39 is 57.1 Å². The molecule has 0 aliphatic heterocycles. The number of hydrogen-bond donors (Lipinski definition) is 2. The SMILES string of the molecule is C#CCN(c1ccc(N(CC(=O)O)S(=O)(=O)c2ccc(Cl)cc2)c2ccccc12)[C@@H](C)CC(=O)O.C#CCN(c1ccc(N(CC(=O)OC)S(=O)(=O)c2ccc(Cl)cc2)c2ccccc12)[C@@H](C)CC(=O)OC.[Li+].[OH-]. The van der Waals surface area contributed by atoms with Gasteiger partial charge in [-0.05, 0) is 86.6 Å². The summed E-state index contributed by atoms with van der Waals surface area (Å²) in [6, 6.07) is 30.9. The largest absolute Gasteiger partial charge is 1.00 e. The van der Waals surface area contributed by atoms with Gasteiger partial charge in [0.25, 0.3) is 20.0 Å². The summed E-state index contributed by atoms with van der Waals surface area (Å²) in [5.41, 5.74) is 1.75. The predicted molar refractivity (Wildman–Crippen MR) is 282 cm³/mol. The fourth-order valence-electron chi connectivity index (χ4n) is 7.79. The van der Waals surface area contributed by atoms with E-state index in [1.807, 2.05) is 24.0 Å². The van der Waals surface area contributed by atoms with Gasteiger partial charge >= 0.3 is 42.7 Å². The van der Waals surface area contributed by atoms with Crippen LogP contribution in [0.3, 0.4) is 0 Å². The van der Waals surface area contributed by atoms with Crippen LogP contribution in [0.15, 0.2) is 131 Å². The Kier molecular flexibility index (Phi) is 22.7. The summed E-state index contributed by atoms with van der Waals surface area (Å²) >= 11 is 11.8. The Balaban J connectivity index is 0.000000381. The summed E-state index contributed by atoms with van der Waals surface area (Å²) in [6.07, 6.45) is 11.1. The molecule has 0 saturated heterocycles. The number of carboxylic acids is 2. The molecule has 0 spiro atoms. The third-order valence-corrected chi connectivity index (χ3v) is 15.3. The Morgan fingerprint density at radius 2 is 0.878 bits per heavy atom. The molecular formula is C52H51Cl2LiN4O13S2. The number of carboxylic acid groups (broad SMARTS) is 2. The summed E-state index contributed by atoms with van der Waals surface area (Å²) in [5, 5.41) is 21.8. The second-order valence-corrected chi connectivity index (χ2v) is 20.5. The number of fused-ring (bicyclic) bond motifs is 2. The van der Waals surface area contributed by atoms with Gasteiger partial charge in [-0.1, -0.05) is 83.6 Å². The van der Waals surface area contributed by atoms with E-state index in [9.17, 15) is 46.2 Å². The molecule has 2 atom stereocenters. The smallest absolute Gasteiger partial charge is 0.870 e. The maximum absolute atomic E-state index is 13.7. The number of carbonyl (C=O) groups excluding carboxylic acids is 2. The van der Waals surface area contributed by atoms with Gasteiger partial charge in [0, 0.05) is 55.0 Å². The van der Waals surface area contributed by atoms with Crippen LogP contribution in [-0.4, -0.2) is 109 Å². The van der Waals surface area contributed by atoms with Crippen molar-refractivity contribution < 1.29 is 80.0 Å². The van der Waals surface area contributed by atoms with Gasteiger partial charge in [0.2, 0.25) is 0 Å². The molecule has 0 aliphatic carbocycles. The molecular weight excluding hydrogens is 1030 g/mol. The van der Waals surface area contributed by atoms with E-state index in [-0.39, 0.29) is 83.4 Å². The van der Waals surface area contributed by atoms with Crippen LogP contribution in [0.4, 0.5) is 22.7 Å². The number of nitrogens with zero attached hydrogens (tertiary/aromatic N) is 4. The standard InChI is InChI=1S/C27H27ClN2O6S.C25H23ClN2O6S.Li.H2O/c1-5-16-29(19(2)17-26(31)35-3)24-14-15-25(23-9-7-6-8-22(23)24)30(18-27(32)36-4)37(33,34)21-12-10-20(28)11-13-21;1-3-14-27(17(2)15-24(29)30)22-12-13-23(21-7-5-4-6-20(21)22)28(16-25(31)32)35(33,34)19-10-8-18(26)9-11-19;;/h1,6-15,19H,16-18H2,2-4H3;1,4-13,17H,14-16H2,2H3,(H,29,30)(H,31,32);;1H2/q;;+1;/p-1/t19-;17-;;/m00../s1. The molecule has 0 heterocycles. The molecule has 0 radical (unpaired) electrons. The monoisotopic (exact) mass is 1080 g/mol. The van der Waals surface area contributed by atoms with Crippen molar-refractivity contribution in [3.05, 3.63) is 131 Å². The predicted octanol–water partition coefficient (Wildman–Crippen LogP) is 5.16. The molecule has 0 fully saturated rings. The Hall–Kier alpha value is -6.92. The number of terminal acetylenes is 2. The molecule has 0 unspecified atom stereocenters. The minimum atomic E-state index is -4.26. The molecule has 6 aromatic rings. The van der Waals surface area contributed by atoms with Crippen molar-refractivity contribution in [2.24, 2.45) is 0 Å². The topological polar surface area (TPSA) is 238 Å². The maximum Gasteiger partial charge on any atom is 1.00 e. The second-order valence-electron chi connectivity index (χ2n) is 15.9. The van der Waals surface area contributed by atoms with Crippen LogP contribution >= 0.6 is 23.2 Å². The summed E-state index contributed by atoms with van der Waals surface area (Å²) in [4.78, 5) is 50.7.